The molecule has 2 fully saturated rings. The number of Topliss-reactive ketones (excluding diaryl/α,β-unsaturated/α-hetero) is 1. The third-order valence-corrected chi connectivity index (χ3v) is 7.09. The van der Waals surface area contributed by atoms with Crippen molar-refractivity contribution in [3.8, 4) is 0 Å². The molecule has 5 rings (SSSR count). The number of fused-ring (bicyclic) bond motifs is 5. The minimum Gasteiger partial charge on any atom is -0.292 e. The average molecular weight is 487 g/mol. The lowest BCUT2D eigenvalue weighted by Gasteiger charge is -2.31. The summed E-state index contributed by atoms with van der Waals surface area (Å²) in [5.41, 5.74) is 0.129. The number of imide groups is 1. The van der Waals surface area contributed by atoms with Gasteiger partial charge >= 0.3 is 0 Å². The maximum absolute atomic E-state index is 13.5. The van der Waals surface area contributed by atoms with Crippen LogP contribution in [-0.4, -0.2) is 40.1 Å². The second kappa shape index (κ2) is 8.08. The maximum Gasteiger partial charge on any atom is 0.274 e. The Morgan fingerprint density at radius 1 is 0.970 bits per heavy atom. The summed E-state index contributed by atoms with van der Waals surface area (Å²) in [5, 5.41) is 1.98. The zero-order valence-electron chi connectivity index (χ0n) is 17.1. The number of hydrogen-bond acceptors (Lipinski definition) is 4. The number of rotatable bonds is 5. The first kappa shape index (κ1) is 21.8. The van der Waals surface area contributed by atoms with E-state index in [0.29, 0.717) is 5.02 Å². The summed E-state index contributed by atoms with van der Waals surface area (Å²) in [6.07, 6.45) is 4.60. The largest absolute Gasteiger partial charge is 0.292 e. The fraction of sp³-hybridized carbons (Fsp3) is 0.250. The van der Waals surface area contributed by atoms with Crippen LogP contribution in [0.3, 0.4) is 0 Å². The van der Waals surface area contributed by atoms with Crippen LogP contribution in [0.15, 0.2) is 54.6 Å². The van der Waals surface area contributed by atoms with Gasteiger partial charge in [-0.15, -0.1) is 0 Å². The van der Waals surface area contributed by atoms with Gasteiger partial charge in [0.15, 0.2) is 5.78 Å². The number of allylic oxidation sites excluding steroid dienone is 2. The Balaban J connectivity index is 1.52. The van der Waals surface area contributed by atoms with E-state index in [1.807, 2.05) is 12.2 Å². The smallest absolute Gasteiger partial charge is 0.274 e. The Morgan fingerprint density at radius 3 is 2.15 bits per heavy atom. The number of benzene rings is 2. The zero-order valence-corrected chi connectivity index (χ0v) is 18.6. The van der Waals surface area contributed by atoms with E-state index in [-0.39, 0.29) is 28.0 Å². The summed E-state index contributed by atoms with van der Waals surface area (Å²) in [7, 11) is 0. The van der Waals surface area contributed by atoms with Crippen molar-refractivity contribution in [1.82, 2.24) is 10.0 Å². The van der Waals surface area contributed by atoms with E-state index in [2.05, 4.69) is 0 Å². The number of amides is 3. The molecule has 33 heavy (non-hydrogen) atoms. The fourth-order valence-electron chi connectivity index (χ4n) is 5.02. The first-order valence-electron chi connectivity index (χ1n) is 10.4. The second-order valence-corrected chi connectivity index (χ2v) is 9.25. The Bertz CT molecular complexity index is 1200. The standard InChI is InChI=1S/C24H17Cl2FN2O4/c25-15-5-8-17(18(26)10-15)22(31)28(11-19(30)12-3-6-16(27)7-4-12)29-23(32)20-13-1-2-14(9-13)21(20)24(29)33/h1-8,10,13-14,20-21H,9,11H2/t13-,14+,20+,21-. The molecule has 3 aliphatic rings. The molecule has 4 atom stereocenters. The second-order valence-electron chi connectivity index (χ2n) is 8.41. The molecule has 1 heterocycles. The van der Waals surface area contributed by atoms with Gasteiger partial charge in [0, 0.05) is 10.6 Å². The van der Waals surface area contributed by atoms with Crippen molar-refractivity contribution < 1.29 is 23.6 Å². The first-order chi connectivity index (χ1) is 15.8. The topological polar surface area (TPSA) is 74.8 Å². The third kappa shape index (κ3) is 3.56. The number of halogens is 3. The number of carbonyl (C=O) groups excluding carboxylic acids is 4. The molecule has 1 aliphatic heterocycles. The normalized spacial score (nSPS) is 25.0. The summed E-state index contributed by atoms with van der Waals surface area (Å²) < 4.78 is 13.3. The van der Waals surface area contributed by atoms with E-state index in [4.69, 9.17) is 23.2 Å². The molecule has 2 aromatic rings. The number of ketones is 1. The van der Waals surface area contributed by atoms with Crippen LogP contribution in [0.1, 0.15) is 27.1 Å². The SMILES string of the molecule is O=C(CN(C(=O)c1ccc(Cl)cc1Cl)N1C(=O)[C@@H]2[C@H](C1=O)[C@H]1C=C[C@@H]2C1)c1ccc(F)cc1. The Labute approximate surface area is 198 Å². The molecule has 0 N–H and O–H groups in total. The fourth-order valence-corrected chi connectivity index (χ4v) is 5.51. The van der Waals surface area contributed by atoms with Gasteiger partial charge in [-0.3, -0.25) is 19.2 Å². The Morgan fingerprint density at radius 2 is 1.58 bits per heavy atom. The molecule has 0 radical (unpaired) electrons. The molecule has 6 nitrogen and oxygen atoms in total. The van der Waals surface area contributed by atoms with Gasteiger partial charge in [0.1, 0.15) is 12.4 Å². The molecule has 2 aliphatic carbocycles. The van der Waals surface area contributed by atoms with Gasteiger partial charge in [0.2, 0.25) is 0 Å². The van der Waals surface area contributed by atoms with E-state index < -0.39 is 47.7 Å². The van der Waals surface area contributed by atoms with Crippen molar-refractivity contribution >= 4 is 46.7 Å². The lowest BCUT2D eigenvalue weighted by Crippen LogP contribution is -2.52. The monoisotopic (exact) mass is 486 g/mol. The van der Waals surface area contributed by atoms with E-state index in [1.165, 1.54) is 30.3 Å². The third-order valence-electron chi connectivity index (χ3n) is 6.54. The summed E-state index contributed by atoms with van der Waals surface area (Å²) in [5.74, 6) is -4.11. The molecule has 9 heteroatoms. The lowest BCUT2D eigenvalue weighted by atomic mass is 9.85. The quantitative estimate of drug-likeness (QED) is 0.361. The molecule has 1 saturated heterocycles. The molecule has 1 saturated carbocycles. The lowest BCUT2D eigenvalue weighted by molar-refractivity contribution is -0.154. The Kier molecular flexibility index (Phi) is 5.34. The van der Waals surface area contributed by atoms with Gasteiger partial charge in [0.25, 0.3) is 17.7 Å². The highest BCUT2D eigenvalue weighted by molar-refractivity contribution is 6.36. The van der Waals surface area contributed by atoms with Gasteiger partial charge in [-0.05, 0) is 60.7 Å². The molecule has 0 unspecified atom stereocenters. The van der Waals surface area contributed by atoms with Crippen molar-refractivity contribution in [2.45, 2.75) is 6.42 Å². The van der Waals surface area contributed by atoms with Gasteiger partial charge in [-0.2, -0.15) is 5.01 Å². The highest BCUT2D eigenvalue weighted by Gasteiger charge is 2.61. The van der Waals surface area contributed by atoms with Crippen LogP contribution in [0.25, 0.3) is 0 Å². The van der Waals surface area contributed by atoms with E-state index >= 15 is 0 Å². The van der Waals surface area contributed by atoms with Gasteiger partial charge in [-0.25, -0.2) is 9.40 Å². The molecule has 2 bridgehead atoms. The van der Waals surface area contributed by atoms with Crippen LogP contribution in [0.2, 0.25) is 10.0 Å². The van der Waals surface area contributed by atoms with Gasteiger partial charge < -0.3 is 0 Å². The van der Waals surface area contributed by atoms with Gasteiger partial charge in [0.05, 0.1) is 22.4 Å². The first-order valence-corrected chi connectivity index (χ1v) is 11.1. The molecule has 168 valence electrons. The summed E-state index contributed by atoms with van der Waals surface area (Å²) in [6, 6.07) is 8.99. The molecule has 2 aromatic carbocycles. The van der Waals surface area contributed by atoms with Crippen molar-refractivity contribution in [2.75, 3.05) is 6.54 Å². The zero-order chi connectivity index (χ0) is 23.4. The molecule has 3 amide bonds. The average Bonchev–Trinajstić information content (AvgIpc) is 3.46. The summed E-state index contributed by atoms with van der Waals surface area (Å²) in [6.45, 7) is -0.594. The van der Waals surface area contributed by atoms with Gasteiger partial charge in [-0.1, -0.05) is 35.4 Å². The molecular weight excluding hydrogens is 470 g/mol. The Hall–Kier alpha value is -3.03. The highest BCUT2D eigenvalue weighted by atomic mass is 35.5. The molecule has 0 spiro atoms. The van der Waals surface area contributed by atoms with Crippen LogP contribution in [0.4, 0.5) is 4.39 Å². The summed E-state index contributed by atoms with van der Waals surface area (Å²) >= 11 is 12.1. The minimum absolute atomic E-state index is 0.00766. The number of hydrazine groups is 1. The van der Waals surface area contributed by atoms with Crippen LogP contribution < -0.4 is 0 Å². The van der Waals surface area contributed by atoms with Crippen molar-refractivity contribution in [1.29, 1.82) is 0 Å². The van der Waals surface area contributed by atoms with E-state index in [0.717, 1.165) is 28.6 Å². The van der Waals surface area contributed by atoms with Crippen LogP contribution >= 0.6 is 23.2 Å². The predicted octanol–water partition coefficient (Wildman–Crippen LogP) is 4.18. The minimum atomic E-state index is -0.783. The van der Waals surface area contributed by atoms with Crippen LogP contribution in [-0.2, 0) is 9.59 Å². The summed E-state index contributed by atoms with van der Waals surface area (Å²) in [4.78, 5) is 53.1. The maximum atomic E-state index is 13.5. The van der Waals surface area contributed by atoms with E-state index in [9.17, 15) is 23.6 Å². The van der Waals surface area contributed by atoms with E-state index in [1.54, 1.807) is 0 Å². The molecule has 0 aromatic heterocycles. The van der Waals surface area contributed by atoms with Crippen molar-refractivity contribution in [3.63, 3.8) is 0 Å². The van der Waals surface area contributed by atoms with Crippen LogP contribution in [0, 0.1) is 29.5 Å². The van der Waals surface area contributed by atoms with Crippen molar-refractivity contribution in [2.24, 2.45) is 23.7 Å². The molecular formula is C24H17Cl2FN2O4. The van der Waals surface area contributed by atoms with Crippen molar-refractivity contribution in [3.05, 3.63) is 81.6 Å². The van der Waals surface area contributed by atoms with Crippen LogP contribution in [0.5, 0.6) is 0 Å². The number of hydrogen-bond donors (Lipinski definition) is 0. The number of carbonyl (C=O) groups is 4. The predicted molar refractivity (Wildman–Crippen MR) is 118 cm³/mol. The highest BCUT2D eigenvalue weighted by Crippen LogP contribution is 2.52. The number of nitrogens with zero attached hydrogens (tertiary/aromatic N) is 2.